The highest BCUT2D eigenvalue weighted by Crippen LogP contribution is 2.24. The molecule has 8 heteroatoms. The van der Waals surface area contributed by atoms with Crippen molar-refractivity contribution in [1.29, 1.82) is 0 Å². The summed E-state index contributed by atoms with van der Waals surface area (Å²) in [6, 6.07) is 17.4. The number of benzene rings is 3. The van der Waals surface area contributed by atoms with Crippen LogP contribution in [0, 0.1) is 10.1 Å². The standard InChI is InChI=1S/C19H14BrN3O4/c20-16-6-4-15-10-18(7-5-14(15)9-16)27-12-19(24)22-21-11-13-2-1-3-17(8-13)23(25)26/h1-11H,12H2,(H,22,24). The summed E-state index contributed by atoms with van der Waals surface area (Å²) < 4.78 is 6.46. The van der Waals surface area contributed by atoms with Crippen LogP contribution in [-0.4, -0.2) is 23.7 Å². The van der Waals surface area contributed by atoms with Crippen molar-refractivity contribution in [2.45, 2.75) is 0 Å². The lowest BCUT2D eigenvalue weighted by Crippen LogP contribution is -2.24. The van der Waals surface area contributed by atoms with E-state index in [1.165, 1.54) is 18.3 Å². The Hall–Kier alpha value is -3.26. The number of nitro benzene ring substituents is 1. The van der Waals surface area contributed by atoms with Crippen LogP contribution in [0.2, 0.25) is 0 Å². The third-order valence-corrected chi connectivity index (χ3v) is 4.12. The molecule has 0 fully saturated rings. The van der Waals surface area contributed by atoms with Gasteiger partial charge in [-0.2, -0.15) is 5.10 Å². The number of nitro groups is 1. The van der Waals surface area contributed by atoms with Crippen molar-refractivity contribution >= 4 is 44.5 Å². The van der Waals surface area contributed by atoms with Crippen LogP contribution in [0.5, 0.6) is 5.75 Å². The fraction of sp³-hybridized carbons (Fsp3) is 0.0526. The first-order chi connectivity index (χ1) is 13.0. The van der Waals surface area contributed by atoms with Gasteiger partial charge < -0.3 is 4.74 Å². The molecule has 3 aromatic rings. The topological polar surface area (TPSA) is 93.8 Å². The van der Waals surface area contributed by atoms with E-state index in [4.69, 9.17) is 4.74 Å². The Morgan fingerprint density at radius 1 is 1.15 bits per heavy atom. The van der Waals surface area contributed by atoms with E-state index in [1.54, 1.807) is 18.2 Å². The van der Waals surface area contributed by atoms with Gasteiger partial charge in [-0.25, -0.2) is 5.43 Å². The Bertz CT molecular complexity index is 1040. The lowest BCUT2D eigenvalue weighted by atomic mass is 10.1. The van der Waals surface area contributed by atoms with E-state index in [-0.39, 0.29) is 12.3 Å². The molecular weight excluding hydrogens is 414 g/mol. The minimum atomic E-state index is -0.494. The lowest BCUT2D eigenvalue weighted by molar-refractivity contribution is -0.384. The van der Waals surface area contributed by atoms with Gasteiger partial charge in [0, 0.05) is 22.2 Å². The summed E-state index contributed by atoms with van der Waals surface area (Å²) in [4.78, 5) is 22.1. The van der Waals surface area contributed by atoms with Crippen LogP contribution in [0.3, 0.4) is 0 Å². The lowest BCUT2D eigenvalue weighted by Gasteiger charge is -2.06. The van der Waals surface area contributed by atoms with Gasteiger partial charge in [0.25, 0.3) is 11.6 Å². The maximum absolute atomic E-state index is 11.8. The van der Waals surface area contributed by atoms with Gasteiger partial charge in [0.05, 0.1) is 11.1 Å². The number of carbonyl (C=O) groups excluding carboxylic acids is 1. The Kier molecular flexibility index (Phi) is 5.77. The van der Waals surface area contributed by atoms with Crippen molar-refractivity contribution in [3.8, 4) is 5.75 Å². The number of halogens is 1. The van der Waals surface area contributed by atoms with Gasteiger partial charge in [-0.15, -0.1) is 0 Å². The average molecular weight is 428 g/mol. The summed E-state index contributed by atoms with van der Waals surface area (Å²) in [6.45, 7) is -0.200. The first kappa shape index (κ1) is 18.5. The minimum absolute atomic E-state index is 0.0445. The summed E-state index contributed by atoms with van der Waals surface area (Å²) in [6.07, 6.45) is 1.33. The van der Waals surface area contributed by atoms with Gasteiger partial charge in [-0.3, -0.25) is 14.9 Å². The molecule has 1 N–H and O–H groups in total. The minimum Gasteiger partial charge on any atom is -0.484 e. The number of carbonyl (C=O) groups is 1. The largest absolute Gasteiger partial charge is 0.484 e. The van der Waals surface area contributed by atoms with Gasteiger partial charge in [-0.05, 0) is 35.0 Å². The fourth-order valence-corrected chi connectivity index (χ4v) is 2.74. The summed E-state index contributed by atoms with van der Waals surface area (Å²) in [5.41, 5.74) is 2.79. The third kappa shape index (κ3) is 5.11. The van der Waals surface area contributed by atoms with Gasteiger partial charge in [-0.1, -0.05) is 40.2 Å². The fourth-order valence-electron chi connectivity index (χ4n) is 2.36. The summed E-state index contributed by atoms with van der Waals surface area (Å²) in [5.74, 6) is 0.134. The Balaban J connectivity index is 1.54. The highest BCUT2D eigenvalue weighted by molar-refractivity contribution is 9.10. The predicted octanol–water partition coefficient (Wildman–Crippen LogP) is 4.04. The smallest absolute Gasteiger partial charge is 0.277 e. The molecule has 0 heterocycles. The molecule has 0 unspecified atom stereocenters. The number of hydrazone groups is 1. The van der Waals surface area contributed by atoms with Crippen molar-refractivity contribution in [2.75, 3.05) is 6.61 Å². The van der Waals surface area contributed by atoms with Crippen molar-refractivity contribution in [2.24, 2.45) is 5.10 Å². The number of hydrogen-bond donors (Lipinski definition) is 1. The molecule has 0 atom stereocenters. The number of rotatable bonds is 6. The van der Waals surface area contributed by atoms with Crippen molar-refractivity contribution in [3.63, 3.8) is 0 Å². The van der Waals surface area contributed by atoms with Crippen LogP contribution >= 0.6 is 15.9 Å². The number of amides is 1. The average Bonchev–Trinajstić information content (AvgIpc) is 2.66. The SMILES string of the molecule is O=C(COc1ccc2cc(Br)ccc2c1)NN=Cc1cccc([N+](=O)[O-])c1. The number of fused-ring (bicyclic) bond motifs is 1. The molecule has 0 aromatic heterocycles. The number of nitrogens with one attached hydrogen (secondary N) is 1. The van der Waals surface area contributed by atoms with E-state index in [0.717, 1.165) is 15.2 Å². The molecule has 0 saturated heterocycles. The molecule has 0 radical (unpaired) electrons. The molecule has 136 valence electrons. The zero-order valence-corrected chi connectivity index (χ0v) is 15.5. The molecule has 3 rings (SSSR count). The molecule has 7 nitrogen and oxygen atoms in total. The monoisotopic (exact) mass is 427 g/mol. The third-order valence-electron chi connectivity index (χ3n) is 3.63. The number of ether oxygens (including phenoxy) is 1. The highest BCUT2D eigenvalue weighted by atomic mass is 79.9. The van der Waals surface area contributed by atoms with E-state index in [0.29, 0.717) is 11.3 Å². The Morgan fingerprint density at radius 3 is 2.74 bits per heavy atom. The van der Waals surface area contributed by atoms with Gasteiger partial charge in [0.15, 0.2) is 6.61 Å². The van der Waals surface area contributed by atoms with Crippen molar-refractivity contribution in [3.05, 3.63) is 80.8 Å². The molecule has 0 aliphatic rings. The Morgan fingerprint density at radius 2 is 1.93 bits per heavy atom. The zero-order chi connectivity index (χ0) is 19.2. The van der Waals surface area contributed by atoms with Gasteiger partial charge in [0.2, 0.25) is 0 Å². The van der Waals surface area contributed by atoms with Crippen LogP contribution in [0.1, 0.15) is 5.56 Å². The predicted molar refractivity (Wildman–Crippen MR) is 106 cm³/mol. The summed E-state index contributed by atoms with van der Waals surface area (Å²) >= 11 is 3.42. The second-order valence-corrected chi connectivity index (χ2v) is 6.50. The maximum atomic E-state index is 11.8. The number of hydrogen-bond acceptors (Lipinski definition) is 5. The van der Waals surface area contributed by atoms with Crippen LogP contribution in [0.4, 0.5) is 5.69 Å². The first-order valence-corrected chi connectivity index (χ1v) is 8.69. The van der Waals surface area contributed by atoms with Gasteiger partial charge in [0.1, 0.15) is 5.75 Å². The van der Waals surface area contributed by atoms with Gasteiger partial charge >= 0.3 is 0 Å². The number of non-ortho nitro benzene ring substituents is 1. The maximum Gasteiger partial charge on any atom is 0.277 e. The van der Waals surface area contributed by atoms with Crippen LogP contribution < -0.4 is 10.2 Å². The summed E-state index contributed by atoms with van der Waals surface area (Å²) in [7, 11) is 0. The zero-order valence-electron chi connectivity index (χ0n) is 14.0. The number of nitrogens with zero attached hydrogens (tertiary/aromatic N) is 2. The molecule has 0 aliphatic heterocycles. The van der Waals surface area contributed by atoms with E-state index in [9.17, 15) is 14.9 Å². The quantitative estimate of drug-likeness (QED) is 0.364. The highest BCUT2D eigenvalue weighted by Gasteiger charge is 2.05. The molecule has 1 amide bonds. The molecule has 0 bridgehead atoms. The Labute approximate surface area is 162 Å². The first-order valence-electron chi connectivity index (χ1n) is 7.90. The second-order valence-electron chi connectivity index (χ2n) is 5.59. The van der Waals surface area contributed by atoms with E-state index in [1.807, 2.05) is 30.3 Å². The summed E-state index contributed by atoms with van der Waals surface area (Å²) in [5, 5.41) is 16.6. The van der Waals surface area contributed by atoms with Crippen LogP contribution in [-0.2, 0) is 4.79 Å². The van der Waals surface area contributed by atoms with Crippen LogP contribution in [0.25, 0.3) is 10.8 Å². The van der Waals surface area contributed by atoms with Crippen molar-refractivity contribution < 1.29 is 14.5 Å². The normalized spacial score (nSPS) is 10.9. The van der Waals surface area contributed by atoms with E-state index in [2.05, 4.69) is 26.5 Å². The molecule has 0 spiro atoms. The molecule has 0 aliphatic carbocycles. The second kappa shape index (κ2) is 8.41. The van der Waals surface area contributed by atoms with Crippen LogP contribution in [0.15, 0.2) is 70.2 Å². The molecule has 27 heavy (non-hydrogen) atoms. The van der Waals surface area contributed by atoms with E-state index >= 15 is 0 Å². The molecule has 0 saturated carbocycles. The molecular formula is C19H14BrN3O4. The van der Waals surface area contributed by atoms with Crippen molar-refractivity contribution in [1.82, 2.24) is 5.43 Å². The molecule has 3 aromatic carbocycles. The van der Waals surface area contributed by atoms with E-state index < -0.39 is 10.8 Å².